The van der Waals surface area contributed by atoms with Gasteiger partial charge in [0.15, 0.2) is 0 Å². The SMILES string of the molecule is CC(C)(CNC(=O)CCCCNC(=O)c1ccc(N(O)O)cc1)SSCOC1C[C@H](C2=CC=CC=CC=C2)O[C@@H]1COP(=O)(O)OP(=O)(O)OP(=O)(O)O. The van der Waals surface area contributed by atoms with Gasteiger partial charge in [0.05, 0.1) is 24.5 Å². The van der Waals surface area contributed by atoms with Crippen LogP contribution in [0.25, 0.3) is 0 Å². The normalized spacial score (nSPS) is 21.0. The lowest BCUT2D eigenvalue weighted by Crippen LogP contribution is -2.36. The number of ether oxygens (including phenoxy) is 2. The number of carbonyl (C=O) groups is 2. The second-order valence-electron chi connectivity index (χ2n) is 12.2. The molecule has 1 aromatic carbocycles. The molecule has 2 amide bonds. The summed E-state index contributed by atoms with van der Waals surface area (Å²) in [5, 5.41) is 23.6. The van der Waals surface area contributed by atoms with Crippen LogP contribution in [0.1, 0.15) is 49.9 Å². The minimum Gasteiger partial charge on any atom is -0.365 e. The molecule has 1 fully saturated rings. The third kappa shape index (κ3) is 17.8. The van der Waals surface area contributed by atoms with Gasteiger partial charge in [0.25, 0.3) is 5.91 Å². The highest BCUT2D eigenvalue weighted by Crippen LogP contribution is 2.66. The average Bonchev–Trinajstić information content (AvgIpc) is 3.45. The number of hydrogen-bond acceptors (Lipinski definition) is 15. The van der Waals surface area contributed by atoms with E-state index in [1.807, 2.05) is 44.2 Å². The molecule has 5 atom stereocenters. The van der Waals surface area contributed by atoms with Gasteiger partial charge in [0, 0.05) is 36.2 Å². The summed E-state index contributed by atoms with van der Waals surface area (Å²) >= 11 is 0. The summed E-state index contributed by atoms with van der Waals surface area (Å²) < 4.78 is 59.1. The second kappa shape index (κ2) is 21.4. The number of benzene rings is 1. The molecule has 1 aliphatic heterocycles. The molecule has 1 saturated heterocycles. The second-order valence-corrected chi connectivity index (χ2v) is 19.6. The molecule has 3 rings (SSSR count). The zero-order valence-corrected chi connectivity index (χ0v) is 33.4. The van der Waals surface area contributed by atoms with Crippen molar-refractivity contribution in [2.75, 3.05) is 30.9 Å². The van der Waals surface area contributed by atoms with E-state index in [9.17, 15) is 33.1 Å². The van der Waals surface area contributed by atoms with Crippen molar-refractivity contribution in [1.82, 2.24) is 10.6 Å². The molecule has 0 bridgehead atoms. The van der Waals surface area contributed by atoms with Crippen molar-refractivity contribution in [3.63, 3.8) is 0 Å². The number of unbranched alkanes of at least 4 members (excludes halogenated alkanes) is 1. The van der Waals surface area contributed by atoms with Crippen LogP contribution < -0.4 is 15.9 Å². The van der Waals surface area contributed by atoms with E-state index >= 15 is 0 Å². The molecule has 0 aromatic heterocycles. The summed E-state index contributed by atoms with van der Waals surface area (Å²) in [5.74, 6) is -0.351. The van der Waals surface area contributed by atoms with Crippen LogP contribution in [-0.2, 0) is 41.1 Å². The highest BCUT2D eigenvalue weighted by Gasteiger charge is 2.43. The maximum absolute atomic E-state index is 12.5. The fraction of sp³-hybridized carbons (Fsp3) is 0.467. The fourth-order valence-electron chi connectivity index (χ4n) is 4.71. The molecule has 1 aliphatic carbocycles. The number of anilines is 1. The van der Waals surface area contributed by atoms with E-state index in [2.05, 4.69) is 19.3 Å². The summed E-state index contributed by atoms with van der Waals surface area (Å²) in [6.45, 7) is 3.90. The number of carbonyl (C=O) groups excluding carboxylic acids is 2. The molecule has 0 saturated carbocycles. The van der Waals surface area contributed by atoms with Gasteiger partial charge >= 0.3 is 23.5 Å². The van der Waals surface area contributed by atoms with Gasteiger partial charge in [-0.05, 0) is 56.5 Å². The number of rotatable bonds is 22. The lowest BCUT2D eigenvalue weighted by Gasteiger charge is -2.24. The number of nitrogens with zero attached hydrogens (tertiary/aromatic N) is 1. The predicted molar refractivity (Wildman–Crippen MR) is 199 cm³/mol. The Hall–Kier alpha value is -2.13. The van der Waals surface area contributed by atoms with Gasteiger partial charge in [0.1, 0.15) is 12.0 Å². The Kier molecular flexibility index (Phi) is 18.3. The Labute approximate surface area is 319 Å². The molecule has 0 spiro atoms. The first-order chi connectivity index (χ1) is 25.2. The highest BCUT2D eigenvalue weighted by molar-refractivity contribution is 8.77. The number of phosphoric acid groups is 3. The molecular formula is C30H44N3O16P3S2. The van der Waals surface area contributed by atoms with Crippen LogP contribution in [0, 0.1) is 0 Å². The average molecular weight is 860 g/mol. The van der Waals surface area contributed by atoms with Crippen molar-refractivity contribution in [2.24, 2.45) is 0 Å². The molecule has 24 heteroatoms. The molecule has 1 aromatic rings. The molecule has 19 nitrogen and oxygen atoms in total. The van der Waals surface area contributed by atoms with Gasteiger partial charge in [-0.25, -0.2) is 13.7 Å². The fourth-order valence-corrected chi connectivity index (χ4v) is 9.91. The standard InChI is InChI=1S/C30H44N3O16P3S2/c1-30(2,20-32-28(34)12-8-9-17-31-29(35)23-13-15-24(16-14-23)33(36)37)54-53-21-45-26-18-25(22-10-6-4-3-5-7-11-22)47-27(26)19-46-51(41,42)49-52(43,44)48-50(38,39)40/h3-7,10-11,13-16,25-27,36-37H,8-9,12,17-21H2,1-2H3,(H,31,35)(H,32,34)(H,41,42)(H,43,44)(H2,38,39,40)/t25-,26?,27-/m1/s1. The van der Waals surface area contributed by atoms with Gasteiger partial charge in [-0.1, -0.05) is 64.1 Å². The summed E-state index contributed by atoms with van der Waals surface area (Å²) in [6, 6.07) is 5.66. The number of phosphoric ester groups is 1. The zero-order chi connectivity index (χ0) is 40.0. The molecule has 0 radical (unpaired) electrons. The van der Waals surface area contributed by atoms with Crippen molar-refractivity contribution in [3.05, 3.63) is 77.9 Å². The van der Waals surface area contributed by atoms with Crippen LogP contribution in [0.15, 0.2) is 72.4 Å². The predicted octanol–water partition coefficient (Wildman–Crippen LogP) is 4.90. The van der Waals surface area contributed by atoms with Gasteiger partial charge in [-0.2, -0.15) is 8.62 Å². The number of amides is 2. The lowest BCUT2D eigenvalue weighted by atomic mass is 10.0. The Balaban J connectivity index is 1.43. The molecule has 302 valence electrons. The van der Waals surface area contributed by atoms with Gasteiger partial charge < -0.3 is 39.7 Å². The Morgan fingerprint density at radius 1 is 0.944 bits per heavy atom. The molecular weight excluding hydrogens is 815 g/mol. The van der Waals surface area contributed by atoms with E-state index < -0.39 is 53.1 Å². The number of hydrogen-bond donors (Lipinski definition) is 8. The summed E-state index contributed by atoms with van der Waals surface area (Å²) in [7, 11) is -13.8. The van der Waals surface area contributed by atoms with Gasteiger partial charge in [-0.3, -0.25) is 24.5 Å². The van der Waals surface area contributed by atoms with E-state index in [-0.39, 0.29) is 35.1 Å². The van der Waals surface area contributed by atoms with E-state index in [4.69, 9.17) is 34.2 Å². The van der Waals surface area contributed by atoms with Gasteiger partial charge in [-0.15, -0.1) is 5.23 Å². The van der Waals surface area contributed by atoms with Crippen molar-refractivity contribution in [2.45, 2.75) is 62.6 Å². The molecule has 3 unspecified atom stereocenters. The first kappa shape index (κ1) is 46.3. The van der Waals surface area contributed by atoms with Crippen LogP contribution in [0.5, 0.6) is 0 Å². The maximum Gasteiger partial charge on any atom is 0.490 e. The molecule has 8 N–H and O–H groups in total. The van der Waals surface area contributed by atoms with Crippen molar-refractivity contribution >= 4 is 62.6 Å². The first-order valence-electron chi connectivity index (χ1n) is 16.1. The molecule has 1 heterocycles. The Bertz CT molecular complexity index is 1690. The lowest BCUT2D eigenvalue weighted by molar-refractivity contribution is -0.121. The third-order valence-electron chi connectivity index (χ3n) is 7.21. The minimum absolute atomic E-state index is 0.0488. The summed E-state index contributed by atoms with van der Waals surface area (Å²) in [6.07, 6.45) is 12.2. The monoisotopic (exact) mass is 859 g/mol. The topological polar surface area (TPSA) is 280 Å². The number of nitrogens with one attached hydrogen (secondary N) is 2. The van der Waals surface area contributed by atoms with Crippen LogP contribution in [0.4, 0.5) is 5.69 Å². The first-order valence-corrected chi connectivity index (χ1v) is 23.0. The quantitative estimate of drug-likeness (QED) is 0.0253. The van der Waals surface area contributed by atoms with Gasteiger partial charge in [0.2, 0.25) is 5.91 Å². The maximum atomic E-state index is 12.5. The van der Waals surface area contributed by atoms with E-state index in [1.165, 1.54) is 45.9 Å². The number of allylic oxidation sites excluding steroid dienone is 6. The van der Waals surface area contributed by atoms with Crippen LogP contribution in [-0.4, -0.2) is 90.5 Å². The summed E-state index contributed by atoms with van der Waals surface area (Å²) in [5.41, 5.74) is 1.22. The third-order valence-corrected chi connectivity index (χ3v) is 14.0. The van der Waals surface area contributed by atoms with Crippen molar-refractivity contribution in [1.29, 1.82) is 0 Å². The van der Waals surface area contributed by atoms with Crippen LogP contribution in [0.3, 0.4) is 0 Å². The Morgan fingerprint density at radius 2 is 1.63 bits per heavy atom. The zero-order valence-electron chi connectivity index (χ0n) is 29.1. The minimum atomic E-state index is -5.69. The largest absolute Gasteiger partial charge is 0.490 e. The van der Waals surface area contributed by atoms with E-state index in [1.54, 1.807) is 12.2 Å². The van der Waals surface area contributed by atoms with Crippen molar-refractivity contribution < 1.29 is 75.9 Å². The van der Waals surface area contributed by atoms with Crippen molar-refractivity contribution in [3.8, 4) is 0 Å². The molecule has 2 aliphatic rings. The van der Waals surface area contributed by atoms with E-state index in [0.29, 0.717) is 37.9 Å². The van der Waals surface area contributed by atoms with Crippen LogP contribution >= 0.6 is 45.1 Å². The smallest absolute Gasteiger partial charge is 0.365 e. The molecule has 54 heavy (non-hydrogen) atoms. The highest BCUT2D eigenvalue weighted by atomic mass is 33.1. The van der Waals surface area contributed by atoms with E-state index in [0.717, 1.165) is 5.57 Å². The van der Waals surface area contributed by atoms with Crippen LogP contribution in [0.2, 0.25) is 0 Å². The summed E-state index contributed by atoms with van der Waals surface area (Å²) in [4.78, 5) is 61.7. The Morgan fingerprint density at radius 3 is 2.31 bits per heavy atom.